The van der Waals surface area contributed by atoms with Gasteiger partial charge in [-0.25, -0.2) is 0 Å². The van der Waals surface area contributed by atoms with Gasteiger partial charge in [-0.3, -0.25) is 0 Å². The second kappa shape index (κ2) is 5.33. The highest BCUT2D eigenvalue weighted by Gasteiger charge is 2.17. The molecule has 1 aliphatic heterocycles. The Labute approximate surface area is 104 Å². The molecule has 2 rings (SSSR count). The van der Waals surface area contributed by atoms with Crippen molar-refractivity contribution in [1.29, 1.82) is 5.26 Å². The topological polar surface area (TPSA) is 27.0 Å². The Morgan fingerprint density at radius 2 is 2.06 bits per heavy atom. The highest BCUT2D eigenvalue weighted by atomic mass is 15.1. The highest BCUT2D eigenvalue weighted by molar-refractivity contribution is 5.39. The molecule has 90 valence electrons. The lowest BCUT2D eigenvalue weighted by atomic mass is 9.89. The molecule has 0 saturated carbocycles. The van der Waals surface area contributed by atoms with Crippen LogP contribution in [-0.4, -0.2) is 25.0 Å². The molecule has 1 aromatic rings. The molecular weight excluding hydrogens is 208 g/mol. The molecule has 1 aliphatic rings. The molecule has 0 aliphatic carbocycles. The molecule has 1 aromatic carbocycles. The van der Waals surface area contributed by atoms with Crippen LogP contribution in [0.2, 0.25) is 0 Å². The minimum Gasteiger partial charge on any atom is -0.306 e. The number of nitriles is 1. The zero-order valence-electron chi connectivity index (χ0n) is 10.7. The summed E-state index contributed by atoms with van der Waals surface area (Å²) in [6.07, 6.45) is 3.77. The number of likely N-dealkylation sites (tertiary alicyclic amines) is 1. The third-order valence-electron chi connectivity index (χ3n) is 3.77. The average Bonchev–Trinajstić information content (AvgIpc) is 2.32. The molecule has 17 heavy (non-hydrogen) atoms. The van der Waals surface area contributed by atoms with Crippen molar-refractivity contribution in [2.75, 3.05) is 20.1 Å². The number of piperidine rings is 1. The molecule has 0 radical (unpaired) electrons. The molecule has 0 atom stereocenters. The second-order valence-corrected chi connectivity index (χ2v) is 5.21. The number of hydrogen-bond acceptors (Lipinski definition) is 2. The van der Waals surface area contributed by atoms with Gasteiger partial charge < -0.3 is 4.90 Å². The van der Waals surface area contributed by atoms with E-state index >= 15 is 0 Å². The van der Waals surface area contributed by atoms with E-state index in [-0.39, 0.29) is 0 Å². The van der Waals surface area contributed by atoms with Crippen LogP contribution in [0, 0.1) is 24.2 Å². The zero-order chi connectivity index (χ0) is 12.3. The molecule has 0 N–H and O–H groups in total. The van der Waals surface area contributed by atoms with Crippen molar-refractivity contribution in [2.24, 2.45) is 5.92 Å². The van der Waals surface area contributed by atoms with E-state index < -0.39 is 0 Å². The standard InChI is InChI=1S/C15H20N2/c1-12-9-14(3-4-15(12)11-16)10-13-5-7-17(2)8-6-13/h3-4,9,13H,5-8,10H2,1-2H3. The van der Waals surface area contributed by atoms with E-state index in [0.29, 0.717) is 0 Å². The Hall–Kier alpha value is -1.33. The van der Waals surface area contributed by atoms with E-state index in [4.69, 9.17) is 5.26 Å². The summed E-state index contributed by atoms with van der Waals surface area (Å²) in [6.45, 7) is 4.47. The minimum absolute atomic E-state index is 0.803. The first-order valence-electron chi connectivity index (χ1n) is 6.37. The van der Waals surface area contributed by atoms with Crippen LogP contribution < -0.4 is 0 Å². The van der Waals surface area contributed by atoms with Crippen molar-refractivity contribution in [2.45, 2.75) is 26.2 Å². The monoisotopic (exact) mass is 228 g/mol. The van der Waals surface area contributed by atoms with E-state index in [1.807, 2.05) is 13.0 Å². The first-order chi connectivity index (χ1) is 8.19. The van der Waals surface area contributed by atoms with E-state index in [0.717, 1.165) is 17.0 Å². The molecule has 2 nitrogen and oxygen atoms in total. The summed E-state index contributed by atoms with van der Waals surface area (Å²) in [4.78, 5) is 2.40. The van der Waals surface area contributed by atoms with Crippen molar-refractivity contribution in [3.8, 4) is 6.07 Å². The highest BCUT2D eigenvalue weighted by Crippen LogP contribution is 2.22. The van der Waals surface area contributed by atoms with Crippen LogP contribution in [-0.2, 0) is 6.42 Å². The predicted molar refractivity (Wildman–Crippen MR) is 69.8 cm³/mol. The summed E-state index contributed by atoms with van der Waals surface area (Å²) >= 11 is 0. The normalized spacial score (nSPS) is 17.9. The minimum atomic E-state index is 0.803. The van der Waals surface area contributed by atoms with Crippen LogP contribution in [0.15, 0.2) is 18.2 Å². The third-order valence-corrected chi connectivity index (χ3v) is 3.77. The maximum atomic E-state index is 8.90. The third kappa shape index (κ3) is 3.08. The van der Waals surface area contributed by atoms with Gasteiger partial charge in [0, 0.05) is 0 Å². The molecule has 0 amide bonds. The molecule has 1 heterocycles. The number of benzene rings is 1. The second-order valence-electron chi connectivity index (χ2n) is 5.21. The van der Waals surface area contributed by atoms with Gasteiger partial charge in [0.05, 0.1) is 11.6 Å². The summed E-state index contributed by atoms with van der Waals surface area (Å²) in [7, 11) is 2.20. The Morgan fingerprint density at radius 1 is 1.35 bits per heavy atom. The molecule has 0 aromatic heterocycles. The molecular formula is C15H20N2. The fraction of sp³-hybridized carbons (Fsp3) is 0.533. The fourth-order valence-corrected chi connectivity index (χ4v) is 2.58. The smallest absolute Gasteiger partial charge is 0.0994 e. The lowest BCUT2D eigenvalue weighted by Crippen LogP contribution is -2.30. The SMILES string of the molecule is Cc1cc(CC2CCN(C)CC2)ccc1C#N. The van der Waals surface area contributed by atoms with Crippen molar-refractivity contribution in [3.63, 3.8) is 0 Å². The average molecular weight is 228 g/mol. The first kappa shape index (κ1) is 12.1. The molecule has 0 spiro atoms. The van der Waals surface area contributed by atoms with Crippen LogP contribution in [0.4, 0.5) is 0 Å². The molecule has 0 unspecified atom stereocenters. The van der Waals surface area contributed by atoms with Gasteiger partial charge in [-0.05, 0) is 69.4 Å². The number of aryl methyl sites for hydroxylation is 1. The van der Waals surface area contributed by atoms with E-state index in [1.54, 1.807) is 0 Å². The summed E-state index contributed by atoms with van der Waals surface area (Å²) in [5.41, 5.74) is 3.30. The largest absolute Gasteiger partial charge is 0.306 e. The summed E-state index contributed by atoms with van der Waals surface area (Å²) in [6, 6.07) is 8.48. The number of nitrogens with zero attached hydrogens (tertiary/aromatic N) is 2. The first-order valence-corrected chi connectivity index (χ1v) is 6.37. The van der Waals surface area contributed by atoms with Crippen molar-refractivity contribution >= 4 is 0 Å². The number of rotatable bonds is 2. The van der Waals surface area contributed by atoms with E-state index in [9.17, 15) is 0 Å². The van der Waals surface area contributed by atoms with Gasteiger partial charge >= 0.3 is 0 Å². The Kier molecular flexibility index (Phi) is 3.81. The molecule has 1 fully saturated rings. The summed E-state index contributed by atoms with van der Waals surface area (Å²) < 4.78 is 0. The Bertz CT molecular complexity index is 423. The van der Waals surface area contributed by atoms with Gasteiger partial charge in [-0.15, -0.1) is 0 Å². The lowest BCUT2D eigenvalue weighted by molar-refractivity contribution is 0.219. The Balaban J connectivity index is 2.00. The van der Waals surface area contributed by atoms with Gasteiger partial charge in [-0.2, -0.15) is 5.26 Å². The maximum absolute atomic E-state index is 8.90. The quantitative estimate of drug-likeness (QED) is 0.778. The molecule has 1 saturated heterocycles. The molecule has 2 heteroatoms. The van der Waals surface area contributed by atoms with Gasteiger partial charge in [-0.1, -0.05) is 12.1 Å². The molecule has 0 bridgehead atoms. The van der Waals surface area contributed by atoms with Gasteiger partial charge in [0.1, 0.15) is 0 Å². The van der Waals surface area contributed by atoms with Crippen LogP contribution in [0.5, 0.6) is 0 Å². The van der Waals surface area contributed by atoms with Crippen molar-refractivity contribution in [3.05, 3.63) is 34.9 Å². The van der Waals surface area contributed by atoms with Gasteiger partial charge in [0.15, 0.2) is 0 Å². The van der Waals surface area contributed by atoms with Crippen LogP contribution >= 0.6 is 0 Å². The van der Waals surface area contributed by atoms with Crippen molar-refractivity contribution < 1.29 is 0 Å². The van der Waals surface area contributed by atoms with E-state index in [2.05, 4.69) is 30.1 Å². The van der Waals surface area contributed by atoms with Gasteiger partial charge in [0.2, 0.25) is 0 Å². The van der Waals surface area contributed by atoms with E-state index in [1.165, 1.54) is 37.9 Å². The van der Waals surface area contributed by atoms with Crippen LogP contribution in [0.1, 0.15) is 29.5 Å². The summed E-state index contributed by atoms with van der Waals surface area (Å²) in [5.74, 6) is 0.818. The maximum Gasteiger partial charge on any atom is 0.0994 e. The summed E-state index contributed by atoms with van der Waals surface area (Å²) in [5, 5.41) is 8.90. The predicted octanol–water partition coefficient (Wildman–Crippen LogP) is 2.75. The fourth-order valence-electron chi connectivity index (χ4n) is 2.58. The van der Waals surface area contributed by atoms with Crippen LogP contribution in [0.3, 0.4) is 0 Å². The van der Waals surface area contributed by atoms with Gasteiger partial charge in [0.25, 0.3) is 0 Å². The van der Waals surface area contributed by atoms with Crippen molar-refractivity contribution in [1.82, 2.24) is 4.90 Å². The van der Waals surface area contributed by atoms with Crippen LogP contribution in [0.25, 0.3) is 0 Å². The zero-order valence-corrected chi connectivity index (χ0v) is 10.7. The Morgan fingerprint density at radius 3 is 2.65 bits per heavy atom. The number of hydrogen-bond donors (Lipinski definition) is 0. The lowest BCUT2D eigenvalue weighted by Gasteiger charge is -2.29.